The molecule has 0 aromatic carbocycles. The minimum Gasteiger partial charge on any atom is -0.212 e. The third-order valence-corrected chi connectivity index (χ3v) is 3.28. The van der Waals surface area contributed by atoms with Gasteiger partial charge in [0.1, 0.15) is 0 Å². The van der Waals surface area contributed by atoms with Gasteiger partial charge in [-0.2, -0.15) is 0 Å². The quantitative estimate of drug-likeness (QED) is 0.375. The zero-order chi connectivity index (χ0) is 10.2. The summed E-state index contributed by atoms with van der Waals surface area (Å²) in [6.45, 7) is 0. The topological polar surface area (TPSA) is 34.1 Å². The highest BCUT2D eigenvalue weighted by atomic mass is 35.7. The van der Waals surface area contributed by atoms with Gasteiger partial charge < -0.3 is 0 Å². The van der Waals surface area contributed by atoms with Crippen molar-refractivity contribution < 1.29 is 8.42 Å². The zero-order valence-electron chi connectivity index (χ0n) is 7.64. The van der Waals surface area contributed by atoms with Crippen molar-refractivity contribution in [1.29, 1.82) is 0 Å². The van der Waals surface area contributed by atoms with Crippen molar-refractivity contribution in [2.45, 2.75) is 38.5 Å². The maximum absolute atomic E-state index is 10.5. The molecular formula is C8H16Cl2O2S. The van der Waals surface area contributed by atoms with Gasteiger partial charge in [0.2, 0.25) is 9.05 Å². The van der Waals surface area contributed by atoms with E-state index in [0.717, 1.165) is 38.0 Å². The predicted molar refractivity (Wildman–Crippen MR) is 58.1 cm³/mol. The van der Waals surface area contributed by atoms with E-state index in [-0.39, 0.29) is 5.75 Å². The SMILES string of the molecule is O=S(=O)(Cl)CCCCCCCCCl. The van der Waals surface area contributed by atoms with E-state index in [1.54, 1.807) is 0 Å². The van der Waals surface area contributed by atoms with E-state index >= 15 is 0 Å². The fraction of sp³-hybridized carbons (Fsp3) is 1.00. The highest BCUT2D eigenvalue weighted by Crippen LogP contribution is 2.08. The molecule has 13 heavy (non-hydrogen) atoms. The van der Waals surface area contributed by atoms with Crippen molar-refractivity contribution in [3.8, 4) is 0 Å². The average Bonchev–Trinajstić information content (AvgIpc) is 2.01. The van der Waals surface area contributed by atoms with E-state index < -0.39 is 9.05 Å². The Bertz CT molecular complexity index is 202. The first-order valence-corrected chi connectivity index (χ1v) is 7.56. The lowest BCUT2D eigenvalue weighted by Gasteiger charge is -1.98. The van der Waals surface area contributed by atoms with Crippen molar-refractivity contribution in [1.82, 2.24) is 0 Å². The van der Waals surface area contributed by atoms with Crippen molar-refractivity contribution >= 4 is 31.3 Å². The van der Waals surface area contributed by atoms with E-state index in [1.165, 1.54) is 0 Å². The van der Waals surface area contributed by atoms with Crippen molar-refractivity contribution in [3.63, 3.8) is 0 Å². The largest absolute Gasteiger partial charge is 0.232 e. The molecule has 0 rings (SSSR count). The molecule has 0 atom stereocenters. The summed E-state index contributed by atoms with van der Waals surface area (Å²) >= 11 is 5.50. The zero-order valence-corrected chi connectivity index (χ0v) is 9.97. The number of halogens is 2. The van der Waals surface area contributed by atoms with Crippen LogP contribution in [0.3, 0.4) is 0 Å². The Morgan fingerprint density at radius 2 is 1.31 bits per heavy atom. The maximum Gasteiger partial charge on any atom is 0.232 e. The maximum atomic E-state index is 10.5. The molecule has 80 valence electrons. The molecule has 0 saturated heterocycles. The van der Waals surface area contributed by atoms with Crippen LogP contribution in [0.1, 0.15) is 38.5 Å². The van der Waals surface area contributed by atoms with E-state index in [0.29, 0.717) is 6.42 Å². The molecule has 0 amide bonds. The Kier molecular flexibility index (Phi) is 8.21. The molecule has 0 aromatic rings. The van der Waals surface area contributed by atoms with Crippen LogP contribution in [0.2, 0.25) is 0 Å². The second-order valence-electron chi connectivity index (χ2n) is 3.05. The lowest BCUT2D eigenvalue weighted by molar-refractivity contribution is 0.595. The third-order valence-electron chi connectivity index (χ3n) is 1.77. The number of rotatable bonds is 8. The third kappa shape index (κ3) is 12.5. The fourth-order valence-electron chi connectivity index (χ4n) is 1.08. The van der Waals surface area contributed by atoms with E-state index in [4.69, 9.17) is 22.3 Å². The van der Waals surface area contributed by atoms with Crippen molar-refractivity contribution in [2.24, 2.45) is 0 Å². The van der Waals surface area contributed by atoms with Crippen LogP contribution in [0.15, 0.2) is 0 Å². The van der Waals surface area contributed by atoms with Crippen LogP contribution in [0.25, 0.3) is 0 Å². The molecule has 0 aliphatic heterocycles. The Balaban J connectivity index is 3.09. The van der Waals surface area contributed by atoms with Crippen LogP contribution in [-0.2, 0) is 9.05 Å². The number of unbranched alkanes of at least 4 members (excludes halogenated alkanes) is 5. The number of hydrogen-bond donors (Lipinski definition) is 0. The summed E-state index contributed by atoms with van der Waals surface area (Å²) in [4.78, 5) is 0. The molecule has 0 bridgehead atoms. The molecule has 2 nitrogen and oxygen atoms in total. The molecule has 0 spiro atoms. The van der Waals surface area contributed by atoms with E-state index in [2.05, 4.69) is 0 Å². The van der Waals surface area contributed by atoms with Crippen LogP contribution in [-0.4, -0.2) is 20.1 Å². The number of alkyl halides is 1. The highest BCUT2D eigenvalue weighted by Gasteiger charge is 2.03. The van der Waals surface area contributed by atoms with Gasteiger partial charge in [0.25, 0.3) is 0 Å². The summed E-state index contributed by atoms with van der Waals surface area (Å²) < 4.78 is 21.0. The highest BCUT2D eigenvalue weighted by molar-refractivity contribution is 8.13. The Hall–Kier alpha value is 0.530. The molecule has 0 aliphatic carbocycles. The first-order chi connectivity index (χ1) is 6.06. The van der Waals surface area contributed by atoms with Gasteiger partial charge >= 0.3 is 0 Å². The van der Waals surface area contributed by atoms with Crippen LogP contribution >= 0.6 is 22.3 Å². The molecular weight excluding hydrogens is 231 g/mol. The first kappa shape index (κ1) is 13.5. The Morgan fingerprint density at radius 1 is 0.846 bits per heavy atom. The first-order valence-electron chi connectivity index (χ1n) is 4.54. The molecule has 0 radical (unpaired) electrons. The van der Waals surface area contributed by atoms with Crippen LogP contribution in [0, 0.1) is 0 Å². The number of hydrogen-bond acceptors (Lipinski definition) is 2. The van der Waals surface area contributed by atoms with Crippen molar-refractivity contribution in [2.75, 3.05) is 11.6 Å². The van der Waals surface area contributed by atoms with Crippen LogP contribution < -0.4 is 0 Å². The molecule has 0 saturated carbocycles. The summed E-state index contributed by atoms with van der Waals surface area (Å²) in [5.74, 6) is 0.820. The molecule has 0 aliphatic rings. The van der Waals surface area contributed by atoms with Gasteiger partial charge in [0.05, 0.1) is 5.75 Å². The summed E-state index contributed by atoms with van der Waals surface area (Å²) in [6.07, 6.45) is 6.01. The summed E-state index contributed by atoms with van der Waals surface area (Å²) in [5, 5.41) is 0. The van der Waals surface area contributed by atoms with Gasteiger partial charge in [-0.25, -0.2) is 8.42 Å². The molecule has 0 unspecified atom stereocenters. The smallest absolute Gasteiger partial charge is 0.212 e. The monoisotopic (exact) mass is 246 g/mol. The van der Waals surface area contributed by atoms with Crippen LogP contribution in [0.4, 0.5) is 0 Å². The lowest BCUT2D eigenvalue weighted by Crippen LogP contribution is -1.96. The second kappa shape index (κ2) is 7.89. The van der Waals surface area contributed by atoms with Crippen LogP contribution in [0.5, 0.6) is 0 Å². The minimum absolute atomic E-state index is 0.101. The summed E-state index contributed by atoms with van der Waals surface area (Å²) in [7, 11) is 1.78. The second-order valence-corrected chi connectivity index (χ2v) is 6.33. The normalized spacial score (nSPS) is 11.8. The fourth-order valence-corrected chi connectivity index (χ4v) is 2.14. The molecule has 5 heteroatoms. The summed E-state index contributed by atoms with van der Waals surface area (Å²) in [5.41, 5.74) is 0. The predicted octanol–water partition coefficient (Wildman–Crippen LogP) is 3.13. The minimum atomic E-state index is -3.27. The standard InChI is InChI=1S/C8H16Cl2O2S/c9-7-5-3-1-2-4-6-8-13(10,11)12/h1-8H2. The van der Waals surface area contributed by atoms with Gasteiger partial charge in [0, 0.05) is 16.6 Å². The Labute approximate surface area is 90.0 Å². The lowest BCUT2D eigenvalue weighted by atomic mass is 10.1. The Morgan fingerprint density at radius 3 is 1.77 bits per heavy atom. The van der Waals surface area contributed by atoms with Gasteiger partial charge in [0.15, 0.2) is 0 Å². The van der Waals surface area contributed by atoms with E-state index in [9.17, 15) is 8.42 Å². The molecule has 0 N–H and O–H groups in total. The van der Waals surface area contributed by atoms with Gasteiger partial charge in [-0.05, 0) is 12.8 Å². The molecule has 0 aromatic heterocycles. The van der Waals surface area contributed by atoms with Crippen molar-refractivity contribution in [3.05, 3.63) is 0 Å². The molecule has 0 heterocycles. The van der Waals surface area contributed by atoms with Gasteiger partial charge in [-0.1, -0.05) is 25.7 Å². The van der Waals surface area contributed by atoms with E-state index in [1.807, 2.05) is 0 Å². The molecule has 0 fully saturated rings. The van der Waals surface area contributed by atoms with Gasteiger partial charge in [-0.15, -0.1) is 11.6 Å². The average molecular weight is 247 g/mol. The summed E-state index contributed by atoms with van der Waals surface area (Å²) in [6, 6.07) is 0. The van der Waals surface area contributed by atoms with Gasteiger partial charge in [-0.3, -0.25) is 0 Å².